The molecule has 2 fully saturated rings. The Morgan fingerprint density at radius 3 is 2.95 bits per heavy atom. The third-order valence-electron chi connectivity index (χ3n) is 6.38. The maximum absolute atomic E-state index is 5.63. The fraction of sp³-hybridized carbons (Fsp3) is 0.667. The fourth-order valence-corrected chi connectivity index (χ4v) is 6.11. The summed E-state index contributed by atoms with van der Waals surface area (Å²) >= 11 is 2.42. The molecule has 4 rings (SSSR count). The lowest BCUT2D eigenvalue weighted by Crippen LogP contribution is -2.59. The number of benzene rings is 1. The minimum absolute atomic E-state index is 0.445. The van der Waals surface area contributed by atoms with Crippen molar-refractivity contribution in [1.29, 1.82) is 0 Å². The van der Waals surface area contributed by atoms with E-state index in [2.05, 4.69) is 46.7 Å². The first kappa shape index (κ1) is 14.3. The van der Waals surface area contributed by atoms with Crippen LogP contribution in [-0.4, -0.2) is 31.6 Å². The van der Waals surface area contributed by atoms with Crippen LogP contribution in [-0.2, 0) is 11.8 Å². The minimum Gasteiger partial charge on any atom is -0.496 e. The van der Waals surface area contributed by atoms with Gasteiger partial charge in [0.15, 0.2) is 0 Å². The van der Waals surface area contributed by atoms with Crippen LogP contribution in [0.4, 0.5) is 0 Å². The van der Waals surface area contributed by atoms with Crippen LogP contribution >= 0.6 is 22.6 Å². The highest BCUT2D eigenvalue weighted by Crippen LogP contribution is 2.56. The number of nitrogens with zero attached hydrogens (tertiary/aromatic N) is 1. The second-order valence-electron chi connectivity index (χ2n) is 7.15. The monoisotopic (exact) mass is 397 g/mol. The van der Waals surface area contributed by atoms with Crippen LogP contribution in [0, 0.1) is 9.49 Å². The standard InChI is InChI=1S/C18H24INO/c1-20-8-7-18-6-4-3-5-13(18)16(20)10-12-9-15(19)17(21-2)11-14(12)18/h9,11,13,16H,3-8,10H2,1-2H3/t13-,16-,18+/m0/s1. The van der Waals surface area contributed by atoms with E-state index in [0.29, 0.717) is 5.41 Å². The van der Waals surface area contributed by atoms with Crippen LogP contribution in [0.1, 0.15) is 43.2 Å². The van der Waals surface area contributed by atoms with Gasteiger partial charge in [0.25, 0.3) is 0 Å². The smallest absolute Gasteiger partial charge is 0.132 e. The Kier molecular flexibility index (Phi) is 3.49. The maximum atomic E-state index is 5.63. The second kappa shape index (κ2) is 5.12. The lowest BCUT2D eigenvalue weighted by Gasteiger charge is -2.58. The van der Waals surface area contributed by atoms with E-state index in [1.165, 1.54) is 48.6 Å². The van der Waals surface area contributed by atoms with Crippen molar-refractivity contribution in [2.75, 3.05) is 20.7 Å². The lowest BCUT2D eigenvalue weighted by atomic mass is 9.52. The summed E-state index contributed by atoms with van der Waals surface area (Å²) in [5, 5.41) is 0. The van der Waals surface area contributed by atoms with Crippen molar-refractivity contribution in [3.63, 3.8) is 0 Å². The summed E-state index contributed by atoms with van der Waals surface area (Å²) in [4.78, 5) is 2.63. The summed E-state index contributed by atoms with van der Waals surface area (Å²) in [5.74, 6) is 1.94. The molecule has 3 aliphatic rings. The summed E-state index contributed by atoms with van der Waals surface area (Å²) in [6, 6.07) is 5.54. The van der Waals surface area contributed by atoms with Crippen molar-refractivity contribution in [2.24, 2.45) is 5.92 Å². The summed E-state index contributed by atoms with van der Waals surface area (Å²) in [6.07, 6.45) is 8.20. The third-order valence-corrected chi connectivity index (χ3v) is 7.23. The number of ether oxygens (including phenoxy) is 1. The number of methoxy groups -OCH3 is 1. The van der Waals surface area contributed by atoms with Crippen molar-refractivity contribution in [3.05, 3.63) is 26.8 Å². The maximum Gasteiger partial charge on any atom is 0.132 e. The molecule has 0 spiro atoms. The average Bonchev–Trinajstić information content (AvgIpc) is 2.50. The largest absolute Gasteiger partial charge is 0.496 e. The highest BCUT2D eigenvalue weighted by Gasteiger charge is 2.53. The van der Waals surface area contributed by atoms with Crippen LogP contribution in [0.2, 0.25) is 0 Å². The highest BCUT2D eigenvalue weighted by molar-refractivity contribution is 14.1. The SMILES string of the molecule is COc1cc2c(cc1I)C[C@H]1[C@@H]3CCCC[C@]23CCN1C. The van der Waals surface area contributed by atoms with Gasteiger partial charge in [-0.15, -0.1) is 0 Å². The molecular weight excluding hydrogens is 373 g/mol. The van der Waals surface area contributed by atoms with Crippen molar-refractivity contribution < 1.29 is 4.74 Å². The predicted molar refractivity (Wildman–Crippen MR) is 94.1 cm³/mol. The van der Waals surface area contributed by atoms with Gasteiger partial charge in [0.2, 0.25) is 0 Å². The number of likely N-dealkylation sites (tertiary alicyclic amines) is 1. The first-order valence-corrected chi connectivity index (χ1v) is 9.31. The van der Waals surface area contributed by atoms with E-state index < -0.39 is 0 Å². The van der Waals surface area contributed by atoms with E-state index in [0.717, 1.165) is 17.7 Å². The summed E-state index contributed by atoms with van der Waals surface area (Å²) in [7, 11) is 4.14. The molecule has 3 heteroatoms. The molecule has 2 nitrogen and oxygen atoms in total. The van der Waals surface area contributed by atoms with Crippen molar-refractivity contribution in [3.8, 4) is 5.75 Å². The minimum atomic E-state index is 0.445. The number of halogens is 1. The van der Waals surface area contributed by atoms with Gasteiger partial charge in [-0.3, -0.25) is 0 Å². The van der Waals surface area contributed by atoms with Crippen LogP contribution in [0.15, 0.2) is 12.1 Å². The second-order valence-corrected chi connectivity index (χ2v) is 8.32. The molecule has 1 aromatic rings. The highest BCUT2D eigenvalue weighted by atomic mass is 127. The van der Waals surface area contributed by atoms with Crippen LogP contribution < -0.4 is 4.74 Å². The first-order chi connectivity index (χ1) is 10.2. The molecule has 0 unspecified atom stereocenters. The van der Waals surface area contributed by atoms with Gasteiger partial charge in [0.1, 0.15) is 5.75 Å². The van der Waals surface area contributed by atoms with Gasteiger partial charge in [0, 0.05) is 11.5 Å². The first-order valence-electron chi connectivity index (χ1n) is 8.23. The van der Waals surface area contributed by atoms with Crippen LogP contribution in [0.25, 0.3) is 0 Å². The van der Waals surface area contributed by atoms with E-state index in [9.17, 15) is 0 Å². The summed E-state index contributed by atoms with van der Waals surface area (Å²) in [6.45, 7) is 1.26. The molecular formula is C18H24INO. The molecule has 0 aromatic heterocycles. The normalized spacial score (nSPS) is 35.0. The third kappa shape index (κ3) is 1.99. The molecule has 1 heterocycles. The van der Waals surface area contributed by atoms with Gasteiger partial charge in [0.05, 0.1) is 10.7 Å². The Balaban J connectivity index is 1.90. The van der Waals surface area contributed by atoms with Gasteiger partial charge >= 0.3 is 0 Å². The molecule has 1 aromatic carbocycles. The zero-order chi connectivity index (χ0) is 14.6. The average molecular weight is 397 g/mol. The van der Waals surface area contributed by atoms with Crippen LogP contribution in [0.3, 0.4) is 0 Å². The number of rotatable bonds is 1. The lowest BCUT2D eigenvalue weighted by molar-refractivity contribution is 0.00270. The Labute approximate surface area is 141 Å². The van der Waals surface area contributed by atoms with E-state index in [-0.39, 0.29) is 0 Å². The van der Waals surface area contributed by atoms with Gasteiger partial charge in [-0.25, -0.2) is 0 Å². The molecule has 0 amide bonds. The number of hydrogen-bond donors (Lipinski definition) is 0. The molecule has 21 heavy (non-hydrogen) atoms. The number of piperidine rings is 1. The molecule has 2 bridgehead atoms. The van der Waals surface area contributed by atoms with Crippen molar-refractivity contribution >= 4 is 22.6 Å². The zero-order valence-electron chi connectivity index (χ0n) is 13.0. The zero-order valence-corrected chi connectivity index (χ0v) is 15.2. The van der Waals surface area contributed by atoms with E-state index >= 15 is 0 Å². The Morgan fingerprint density at radius 2 is 2.14 bits per heavy atom. The number of hydrogen-bond acceptors (Lipinski definition) is 2. The molecule has 1 aliphatic heterocycles. The van der Waals surface area contributed by atoms with Crippen molar-refractivity contribution in [1.82, 2.24) is 4.90 Å². The molecule has 1 saturated carbocycles. The topological polar surface area (TPSA) is 12.5 Å². The van der Waals surface area contributed by atoms with Gasteiger partial charge in [-0.2, -0.15) is 0 Å². The number of fused-ring (bicyclic) bond motifs is 1. The van der Waals surface area contributed by atoms with Gasteiger partial charge < -0.3 is 9.64 Å². The van der Waals surface area contributed by atoms with E-state index in [4.69, 9.17) is 4.74 Å². The quantitative estimate of drug-likeness (QED) is 0.665. The summed E-state index contributed by atoms with van der Waals surface area (Å²) in [5.41, 5.74) is 3.67. The van der Waals surface area contributed by atoms with Gasteiger partial charge in [-0.1, -0.05) is 12.8 Å². The molecule has 0 N–H and O–H groups in total. The molecule has 2 aliphatic carbocycles. The van der Waals surface area contributed by atoms with Crippen LogP contribution in [0.5, 0.6) is 5.75 Å². The molecule has 3 atom stereocenters. The predicted octanol–water partition coefficient (Wildman–Crippen LogP) is 3.99. The van der Waals surface area contributed by atoms with E-state index in [1.807, 2.05) is 0 Å². The summed E-state index contributed by atoms with van der Waals surface area (Å²) < 4.78 is 6.89. The van der Waals surface area contributed by atoms with E-state index in [1.54, 1.807) is 18.2 Å². The molecule has 1 saturated heterocycles. The fourth-order valence-electron chi connectivity index (χ4n) is 5.36. The van der Waals surface area contributed by atoms with Gasteiger partial charge in [-0.05, 0) is 91.0 Å². The Hall–Kier alpha value is -0.290. The Morgan fingerprint density at radius 1 is 1.29 bits per heavy atom. The molecule has 0 radical (unpaired) electrons. The van der Waals surface area contributed by atoms with Crippen molar-refractivity contribution in [2.45, 2.75) is 50.0 Å². The molecule has 114 valence electrons. The number of likely N-dealkylation sites (N-methyl/N-ethyl adjacent to an activating group) is 1. The Bertz CT molecular complexity index is 573.